The second-order valence-electron chi connectivity index (χ2n) is 5.22. The molecular formula is C17H14N4O2. The summed E-state index contributed by atoms with van der Waals surface area (Å²) in [5, 5.41) is 2.06. The predicted octanol–water partition coefficient (Wildman–Crippen LogP) is 2.67. The number of nitrogens with zero attached hydrogens (tertiary/aromatic N) is 4. The molecule has 0 saturated carbocycles. The molecule has 0 fully saturated rings. The third-order valence-electron chi connectivity index (χ3n) is 3.92. The molecule has 0 bridgehead atoms. The largest absolute Gasteiger partial charge is 0.280 e. The summed E-state index contributed by atoms with van der Waals surface area (Å²) in [6.45, 7) is 0. The zero-order valence-electron chi connectivity index (χ0n) is 12.7. The standard InChI is InChI=1S/C17H14N4O2/c1-20(23-2)17(22)12-10-11-6-5-9-18-15(11)21-14-8-4-3-7-13(14)19-16(12)21/h3-10H,1-2H3. The second kappa shape index (κ2) is 5.03. The van der Waals surface area contributed by atoms with Crippen LogP contribution in [-0.2, 0) is 4.84 Å². The van der Waals surface area contributed by atoms with E-state index < -0.39 is 0 Å². The van der Waals surface area contributed by atoms with Crippen molar-refractivity contribution in [1.29, 1.82) is 0 Å². The van der Waals surface area contributed by atoms with Gasteiger partial charge in [0.25, 0.3) is 5.91 Å². The van der Waals surface area contributed by atoms with E-state index in [9.17, 15) is 4.79 Å². The van der Waals surface area contributed by atoms with Crippen molar-refractivity contribution in [2.45, 2.75) is 0 Å². The van der Waals surface area contributed by atoms with E-state index in [1.54, 1.807) is 19.3 Å². The Kier molecular flexibility index (Phi) is 2.99. The third kappa shape index (κ3) is 1.96. The first kappa shape index (κ1) is 13.7. The highest BCUT2D eigenvalue weighted by molar-refractivity contribution is 6.05. The maximum Gasteiger partial charge on any atom is 0.280 e. The van der Waals surface area contributed by atoms with Gasteiger partial charge in [-0.3, -0.25) is 14.0 Å². The molecule has 0 N–H and O–H groups in total. The molecule has 3 aromatic heterocycles. The Morgan fingerprint density at radius 1 is 1.17 bits per heavy atom. The minimum Gasteiger partial charge on any atom is -0.276 e. The fourth-order valence-electron chi connectivity index (χ4n) is 2.76. The van der Waals surface area contributed by atoms with Gasteiger partial charge in [-0.05, 0) is 30.3 Å². The molecule has 1 aromatic carbocycles. The zero-order valence-corrected chi connectivity index (χ0v) is 12.7. The van der Waals surface area contributed by atoms with E-state index in [4.69, 9.17) is 4.84 Å². The van der Waals surface area contributed by atoms with Crippen molar-refractivity contribution >= 4 is 33.6 Å². The number of amides is 1. The van der Waals surface area contributed by atoms with Gasteiger partial charge in [0.2, 0.25) is 0 Å². The van der Waals surface area contributed by atoms with Crippen molar-refractivity contribution in [3.05, 3.63) is 54.2 Å². The monoisotopic (exact) mass is 306 g/mol. The average Bonchev–Trinajstić information content (AvgIpc) is 2.99. The van der Waals surface area contributed by atoms with Crippen molar-refractivity contribution in [3.8, 4) is 0 Å². The lowest BCUT2D eigenvalue weighted by molar-refractivity contribution is -0.0756. The first-order valence-corrected chi connectivity index (χ1v) is 7.18. The van der Waals surface area contributed by atoms with Crippen LogP contribution in [0, 0.1) is 0 Å². The molecular weight excluding hydrogens is 292 g/mol. The molecule has 4 rings (SSSR count). The molecule has 4 aromatic rings. The molecule has 23 heavy (non-hydrogen) atoms. The Morgan fingerprint density at radius 3 is 2.83 bits per heavy atom. The van der Waals surface area contributed by atoms with Crippen LogP contribution in [0.15, 0.2) is 48.7 Å². The Hall–Kier alpha value is -2.99. The molecule has 0 aliphatic heterocycles. The smallest absolute Gasteiger partial charge is 0.276 e. The maximum atomic E-state index is 12.6. The minimum atomic E-state index is -0.251. The van der Waals surface area contributed by atoms with E-state index in [1.807, 2.05) is 40.8 Å². The summed E-state index contributed by atoms with van der Waals surface area (Å²) in [6.07, 6.45) is 1.74. The topological polar surface area (TPSA) is 59.7 Å². The lowest BCUT2D eigenvalue weighted by Gasteiger charge is -2.14. The van der Waals surface area contributed by atoms with Crippen LogP contribution in [0.2, 0.25) is 0 Å². The number of para-hydroxylation sites is 2. The zero-order chi connectivity index (χ0) is 16.0. The van der Waals surface area contributed by atoms with Crippen LogP contribution in [0.25, 0.3) is 27.7 Å². The fraction of sp³-hybridized carbons (Fsp3) is 0.118. The van der Waals surface area contributed by atoms with Crippen LogP contribution >= 0.6 is 0 Å². The Bertz CT molecular complexity index is 1050. The van der Waals surface area contributed by atoms with E-state index in [0.29, 0.717) is 11.2 Å². The molecule has 3 heterocycles. The van der Waals surface area contributed by atoms with Gasteiger partial charge in [-0.1, -0.05) is 12.1 Å². The number of benzene rings is 1. The van der Waals surface area contributed by atoms with Gasteiger partial charge in [0.15, 0.2) is 5.65 Å². The van der Waals surface area contributed by atoms with Crippen LogP contribution in [0.3, 0.4) is 0 Å². The molecule has 6 nitrogen and oxygen atoms in total. The lowest BCUT2D eigenvalue weighted by atomic mass is 10.2. The van der Waals surface area contributed by atoms with Crippen LogP contribution in [-0.4, -0.2) is 39.5 Å². The molecule has 0 saturated heterocycles. The normalized spacial score (nSPS) is 11.4. The van der Waals surface area contributed by atoms with Crippen LogP contribution in [0.5, 0.6) is 0 Å². The summed E-state index contributed by atoms with van der Waals surface area (Å²) >= 11 is 0. The molecule has 1 amide bonds. The van der Waals surface area contributed by atoms with Crippen molar-refractivity contribution < 1.29 is 9.63 Å². The summed E-state index contributed by atoms with van der Waals surface area (Å²) < 4.78 is 1.92. The molecule has 0 unspecified atom stereocenters. The summed E-state index contributed by atoms with van der Waals surface area (Å²) in [7, 11) is 3.04. The van der Waals surface area contributed by atoms with Crippen molar-refractivity contribution in [1.82, 2.24) is 19.4 Å². The fourth-order valence-corrected chi connectivity index (χ4v) is 2.76. The number of aromatic nitrogens is 3. The van der Waals surface area contributed by atoms with Gasteiger partial charge in [0.1, 0.15) is 5.65 Å². The highest BCUT2D eigenvalue weighted by atomic mass is 16.7. The summed E-state index contributed by atoms with van der Waals surface area (Å²) in [5.41, 5.74) is 3.56. The summed E-state index contributed by atoms with van der Waals surface area (Å²) in [6, 6.07) is 13.3. The van der Waals surface area contributed by atoms with E-state index in [-0.39, 0.29) is 5.91 Å². The SMILES string of the molecule is CON(C)C(=O)c1cc2cccnc2n2c1nc1ccccc12. The molecule has 114 valence electrons. The van der Waals surface area contributed by atoms with Crippen LogP contribution in [0.4, 0.5) is 0 Å². The van der Waals surface area contributed by atoms with Crippen molar-refractivity contribution in [3.63, 3.8) is 0 Å². The van der Waals surface area contributed by atoms with E-state index in [0.717, 1.165) is 22.1 Å². The molecule has 0 aliphatic rings. The minimum absolute atomic E-state index is 0.251. The van der Waals surface area contributed by atoms with Gasteiger partial charge >= 0.3 is 0 Å². The number of hydroxylamine groups is 2. The van der Waals surface area contributed by atoms with Gasteiger partial charge < -0.3 is 0 Å². The number of rotatable bonds is 2. The third-order valence-corrected chi connectivity index (χ3v) is 3.92. The highest BCUT2D eigenvalue weighted by Crippen LogP contribution is 2.25. The van der Waals surface area contributed by atoms with Gasteiger partial charge in [0.05, 0.1) is 23.7 Å². The summed E-state index contributed by atoms with van der Waals surface area (Å²) in [5.74, 6) is -0.251. The van der Waals surface area contributed by atoms with Crippen molar-refractivity contribution in [2.75, 3.05) is 14.2 Å². The highest BCUT2D eigenvalue weighted by Gasteiger charge is 2.20. The number of fused-ring (bicyclic) bond motifs is 5. The Balaban J connectivity index is 2.19. The van der Waals surface area contributed by atoms with E-state index in [2.05, 4.69) is 9.97 Å². The number of carbonyl (C=O) groups is 1. The maximum absolute atomic E-state index is 12.6. The number of carbonyl (C=O) groups excluding carboxylic acids is 1. The first-order valence-electron chi connectivity index (χ1n) is 7.18. The number of hydrogen-bond acceptors (Lipinski definition) is 4. The van der Waals surface area contributed by atoms with Gasteiger partial charge in [-0.25, -0.2) is 15.0 Å². The second-order valence-corrected chi connectivity index (χ2v) is 5.22. The van der Waals surface area contributed by atoms with Gasteiger partial charge in [0, 0.05) is 18.6 Å². The number of pyridine rings is 2. The van der Waals surface area contributed by atoms with Crippen LogP contribution < -0.4 is 0 Å². The molecule has 0 spiro atoms. The quantitative estimate of drug-likeness (QED) is 0.534. The molecule has 0 atom stereocenters. The van der Waals surface area contributed by atoms with Crippen LogP contribution in [0.1, 0.15) is 10.4 Å². The Morgan fingerprint density at radius 2 is 2.00 bits per heavy atom. The van der Waals surface area contributed by atoms with E-state index in [1.165, 1.54) is 12.2 Å². The first-order chi connectivity index (χ1) is 11.2. The van der Waals surface area contributed by atoms with Crippen molar-refractivity contribution in [2.24, 2.45) is 0 Å². The number of hydrogen-bond donors (Lipinski definition) is 0. The predicted molar refractivity (Wildman–Crippen MR) is 87.1 cm³/mol. The Labute approximate surface area is 131 Å². The summed E-state index contributed by atoms with van der Waals surface area (Å²) in [4.78, 5) is 26.8. The van der Waals surface area contributed by atoms with Gasteiger partial charge in [-0.2, -0.15) is 0 Å². The average molecular weight is 306 g/mol. The molecule has 0 aliphatic carbocycles. The molecule has 6 heteroatoms. The lowest BCUT2D eigenvalue weighted by Crippen LogP contribution is -2.26. The number of imidazole rings is 1. The van der Waals surface area contributed by atoms with Gasteiger partial charge in [-0.15, -0.1) is 0 Å². The molecule has 0 radical (unpaired) electrons. The van der Waals surface area contributed by atoms with E-state index >= 15 is 0 Å².